The molecule has 4 heterocycles. The van der Waals surface area contributed by atoms with Gasteiger partial charge in [0.1, 0.15) is 5.01 Å². The number of amides is 1. The van der Waals surface area contributed by atoms with Crippen LogP contribution in [0.1, 0.15) is 45.6 Å². The SMILES string of the molecule is Cc1cc(C(=O)N2CCCC2c2nc3ccccc3s2)c2c(C)nn(C)c2n1. The second-order valence-corrected chi connectivity index (χ2v) is 8.46. The van der Waals surface area contributed by atoms with Gasteiger partial charge in [-0.2, -0.15) is 5.10 Å². The second-order valence-electron chi connectivity index (χ2n) is 7.40. The summed E-state index contributed by atoms with van der Waals surface area (Å²) in [7, 11) is 1.87. The van der Waals surface area contributed by atoms with Gasteiger partial charge in [-0.1, -0.05) is 12.1 Å². The van der Waals surface area contributed by atoms with E-state index in [9.17, 15) is 4.79 Å². The van der Waals surface area contributed by atoms with E-state index >= 15 is 0 Å². The van der Waals surface area contributed by atoms with Crippen LogP contribution in [-0.4, -0.2) is 37.1 Å². The molecule has 1 aliphatic rings. The standard InChI is InChI=1S/C21H21N5OS/c1-12-11-14(18-13(2)24-25(3)19(18)22-12)21(27)26-10-6-8-16(26)20-23-15-7-4-5-9-17(15)28-20/h4-5,7,9,11,16H,6,8,10H2,1-3H3. The number of fused-ring (bicyclic) bond motifs is 2. The first-order valence-corrected chi connectivity index (χ1v) is 10.3. The van der Waals surface area contributed by atoms with Crippen LogP contribution in [-0.2, 0) is 7.05 Å². The smallest absolute Gasteiger partial charge is 0.255 e. The molecule has 0 spiro atoms. The third kappa shape index (κ3) is 2.61. The number of para-hydroxylation sites is 1. The molecule has 1 aromatic carbocycles. The Kier molecular flexibility index (Phi) is 3.94. The lowest BCUT2D eigenvalue weighted by atomic mass is 10.1. The van der Waals surface area contributed by atoms with Gasteiger partial charge in [-0.3, -0.25) is 9.48 Å². The van der Waals surface area contributed by atoms with Gasteiger partial charge in [0, 0.05) is 19.3 Å². The number of aromatic nitrogens is 4. The number of carbonyl (C=O) groups excluding carboxylic acids is 1. The maximum Gasteiger partial charge on any atom is 0.255 e. The first-order valence-electron chi connectivity index (χ1n) is 9.50. The van der Waals surface area contributed by atoms with E-state index in [1.54, 1.807) is 16.0 Å². The summed E-state index contributed by atoms with van der Waals surface area (Å²) >= 11 is 1.69. The minimum Gasteiger partial charge on any atom is -0.329 e. The molecule has 0 bridgehead atoms. The topological polar surface area (TPSA) is 63.9 Å². The summed E-state index contributed by atoms with van der Waals surface area (Å²) in [5.74, 6) is 0.0494. The Morgan fingerprint density at radius 1 is 1.21 bits per heavy atom. The monoisotopic (exact) mass is 391 g/mol. The summed E-state index contributed by atoms with van der Waals surface area (Å²) in [4.78, 5) is 25.0. The zero-order chi connectivity index (χ0) is 19.4. The van der Waals surface area contributed by atoms with E-state index in [1.165, 1.54) is 4.70 Å². The fourth-order valence-electron chi connectivity index (χ4n) is 4.19. The molecule has 1 aliphatic heterocycles. The molecule has 3 aromatic heterocycles. The Morgan fingerprint density at radius 3 is 2.86 bits per heavy atom. The lowest BCUT2D eigenvalue weighted by Gasteiger charge is -2.23. The number of aryl methyl sites for hydroxylation is 3. The molecule has 28 heavy (non-hydrogen) atoms. The molecule has 142 valence electrons. The van der Waals surface area contributed by atoms with Crippen LogP contribution in [0.3, 0.4) is 0 Å². The molecule has 6 nitrogen and oxygen atoms in total. The summed E-state index contributed by atoms with van der Waals surface area (Å²) < 4.78 is 2.92. The van der Waals surface area contributed by atoms with Gasteiger partial charge in [0.05, 0.1) is 32.9 Å². The number of nitrogens with zero attached hydrogens (tertiary/aromatic N) is 5. The number of hydrogen-bond acceptors (Lipinski definition) is 5. The average Bonchev–Trinajstić information content (AvgIpc) is 3.38. The molecular weight excluding hydrogens is 370 g/mol. The third-order valence-electron chi connectivity index (χ3n) is 5.44. The van der Waals surface area contributed by atoms with Crippen LogP contribution in [0.25, 0.3) is 21.3 Å². The first-order chi connectivity index (χ1) is 13.5. The molecule has 0 N–H and O–H groups in total. The van der Waals surface area contributed by atoms with Crippen LogP contribution in [0, 0.1) is 13.8 Å². The first kappa shape index (κ1) is 17.3. The van der Waals surface area contributed by atoms with Crippen molar-refractivity contribution in [2.45, 2.75) is 32.7 Å². The van der Waals surface area contributed by atoms with Gasteiger partial charge in [0.15, 0.2) is 5.65 Å². The quantitative estimate of drug-likeness (QED) is 0.514. The van der Waals surface area contributed by atoms with Crippen molar-refractivity contribution in [2.75, 3.05) is 6.54 Å². The van der Waals surface area contributed by atoms with Gasteiger partial charge < -0.3 is 4.90 Å². The highest BCUT2D eigenvalue weighted by molar-refractivity contribution is 7.18. The van der Waals surface area contributed by atoms with E-state index in [0.717, 1.165) is 52.3 Å². The molecule has 1 saturated heterocycles. The number of likely N-dealkylation sites (tertiary alicyclic amines) is 1. The van der Waals surface area contributed by atoms with Crippen molar-refractivity contribution in [1.82, 2.24) is 24.6 Å². The Morgan fingerprint density at radius 2 is 2.04 bits per heavy atom. The Bertz CT molecular complexity index is 1190. The van der Waals surface area contributed by atoms with Gasteiger partial charge in [-0.05, 0) is 44.9 Å². The number of carbonyl (C=O) groups is 1. The van der Waals surface area contributed by atoms with Crippen molar-refractivity contribution in [1.29, 1.82) is 0 Å². The van der Waals surface area contributed by atoms with Crippen LogP contribution in [0.15, 0.2) is 30.3 Å². The minimum atomic E-state index is 0.0328. The maximum absolute atomic E-state index is 13.6. The van der Waals surface area contributed by atoms with Crippen LogP contribution >= 0.6 is 11.3 Å². The zero-order valence-electron chi connectivity index (χ0n) is 16.1. The Balaban J connectivity index is 1.59. The highest BCUT2D eigenvalue weighted by atomic mass is 32.1. The maximum atomic E-state index is 13.6. The molecule has 1 atom stereocenters. The Hall–Kier alpha value is -2.80. The van der Waals surface area contributed by atoms with Gasteiger partial charge >= 0.3 is 0 Å². The summed E-state index contributed by atoms with van der Waals surface area (Å²) in [6.45, 7) is 4.61. The van der Waals surface area contributed by atoms with E-state index in [4.69, 9.17) is 4.98 Å². The molecule has 0 aliphatic carbocycles. The summed E-state index contributed by atoms with van der Waals surface area (Å²) in [6, 6.07) is 10.1. The van der Waals surface area contributed by atoms with Gasteiger partial charge in [0.2, 0.25) is 0 Å². The molecule has 1 amide bonds. The fourth-order valence-corrected chi connectivity index (χ4v) is 5.31. The highest BCUT2D eigenvalue weighted by Gasteiger charge is 2.34. The number of hydrogen-bond donors (Lipinski definition) is 0. The van der Waals surface area contributed by atoms with Crippen LogP contribution < -0.4 is 0 Å². The molecule has 7 heteroatoms. The number of rotatable bonds is 2. The van der Waals surface area contributed by atoms with Gasteiger partial charge in [0.25, 0.3) is 5.91 Å². The van der Waals surface area contributed by atoms with E-state index in [0.29, 0.717) is 5.56 Å². The molecule has 1 fully saturated rings. The van der Waals surface area contributed by atoms with Crippen molar-refractivity contribution >= 4 is 38.5 Å². The number of pyridine rings is 1. The van der Waals surface area contributed by atoms with Gasteiger partial charge in [-0.25, -0.2) is 9.97 Å². The zero-order valence-corrected chi connectivity index (χ0v) is 17.0. The summed E-state index contributed by atoms with van der Waals surface area (Å²) in [5, 5.41) is 6.36. The normalized spacial score (nSPS) is 17.1. The largest absolute Gasteiger partial charge is 0.329 e. The molecule has 4 aromatic rings. The predicted octanol–water partition coefficient (Wildman–Crippen LogP) is 4.17. The summed E-state index contributed by atoms with van der Waals surface area (Å²) in [5.41, 5.74) is 4.13. The molecule has 0 radical (unpaired) electrons. The van der Waals surface area contributed by atoms with E-state index in [1.807, 2.05) is 50.1 Å². The third-order valence-corrected chi connectivity index (χ3v) is 6.57. The van der Waals surface area contributed by atoms with Crippen molar-refractivity contribution in [2.24, 2.45) is 7.05 Å². The lowest BCUT2D eigenvalue weighted by molar-refractivity contribution is 0.0737. The fraction of sp³-hybridized carbons (Fsp3) is 0.333. The molecule has 1 unspecified atom stereocenters. The lowest BCUT2D eigenvalue weighted by Crippen LogP contribution is -2.30. The minimum absolute atomic E-state index is 0.0328. The van der Waals surface area contributed by atoms with E-state index in [2.05, 4.69) is 16.1 Å². The van der Waals surface area contributed by atoms with Crippen molar-refractivity contribution in [3.63, 3.8) is 0 Å². The van der Waals surface area contributed by atoms with Crippen molar-refractivity contribution in [3.05, 3.63) is 52.3 Å². The molecule has 0 saturated carbocycles. The summed E-state index contributed by atoms with van der Waals surface area (Å²) in [6.07, 6.45) is 1.94. The van der Waals surface area contributed by atoms with Crippen LogP contribution in [0.5, 0.6) is 0 Å². The Labute approximate surface area is 166 Å². The second kappa shape index (κ2) is 6.38. The number of thiazole rings is 1. The van der Waals surface area contributed by atoms with E-state index < -0.39 is 0 Å². The van der Waals surface area contributed by atoms with Gasteiger partial charge in [-0.15, -0.1) is 11.3 Å². The average molecular weight is 392 g/mol. The van der Waals surface area contributed by atoms with Crippen molar-refractivity contribution < 1.29 is 4.79 Å². The predicted molar refractivity (Wildman–Crippen MR) is 111 cm³/mol. The molecule has 5 rings (SSSR count). The van der Waals surface area contributed by atoms with Crippen molar-refractivity contribution in [3.8, 4) is 0 Å². The number of benzene rings is 1. The highest BCUT2D eigenvalue weighted by Crippen LogP contribution is 2.38. The molecular formula is C21H21N5OS. The van der Waals surface area contributed by atoms with Crippen LogP contribution in [0.2, 0.25) is 0 Å². The van der Waals surface area contributed by atoms with E-state index in [-0.39, 0.29) is 11.9 Å². The van der Waals surface area contributed by atoms with Crippen LogP contribution in [0.4, 0.5) is 0 Å².